The second kappa shape index (κ2) is 26.4. The van der Waals surface area contributed by atoms with Crippen molar-refractivity contribution in [1.29, 1.82) is 0 Å². The molecular formula is C32H66O4. The molecule has 2 atom stereocenters. The summed E-state index contributed by atoms with van der Waals surface area (Å²) in [5.41, 5.74) is 0. The molecule has 2 unspecified atom stereocenters. The molecule has 0 aromatic heterocycles. The van der Waals surface area contributed by atoms with E-state index in [1.54, 1.807) is 0 Å². The maximum absolute atomic E-state index is 6.20. The molecule has 4 nitrogen and oxygen atoms in total. The Bertz CT molecular complexity index is 380. The van der Waals surface area contributed by atoms with Crippen molar-refractivity contribution in [3.05, 3.63) is 0 Å². The van der Waals surface area contributed by atoms with Crippen LogP contribution < -0.4 is 0 Å². The smallest absolute Gasteiger partial charge is 0.160 e. The number of unbranched alkanes of at least 4 members (excludes halogenated alkanes) is 12. The molecule has 0 heterocycles. The van der Waals surface area contributed by atoms with Gasteiger partial charge >= 0.3 is 0 Å². The van der Waals surface area contributed by atoms with Gasteiger partial charge in [0.05, 0.1) is 0 Å². The first-order valence-corrected chi connectivity index (χ1v) is 16.1. The number of hydrogen-bond donors (Lipinski definition) is 0. The summed E-state index contributed by atoms with van der Waals surface area (Å²) in [7, 11) is 0. The highest BCUT2D eigenvalue weighted by atomic mass is 16.7. The van der Waals surface area contributed by atoms with E-state index in [0.29, 0.717) is 44.2 Å². The van der Waals surface area contributed by atoms with Crippen molar-refractivity contribution >= 4 is 0 Å². The second-order valence-electron chi connectivity index (χ2n) is 10.6. The molecule has 36 heavy (non-hydrogen) atoms. The summed E-state index contributed by atoms with van der Waals surface area (Å²) in [5, 5.41) is 0. The molecule has 0 aromatic rings. The van der Waals surface area contributed by atoms with E-state index >= 15 is 0 Å². The van der Waals surface area contributed by atoms with Gasteiger partial charge in [-0.3, -0.25) is 0 Å². The summed E-state index contributed by atoms with van der Waals surface area (Å²) in [6.07, 6.45) is 20.7. The van der Waals surface area contributed by atoms with Crippen molar-refractivity contribution in [3.8, 4) is 0 Å². The molecule has 0 saturated carbocycles. The van der Waals surface area contributed by atoms with E-state index in [2.05, 4.69) is 48.5 Å². The van der Waals surface area contributed by atoms with E-state index in [-0.39, 0.29) is 12.6 Å². The Labute approximate surface area is 227 Å². The third-order valence-electron chi connectivity index (χ3n) is 7.66. The van der Waals surface area contributed by atoms with Gasteiger partial charge in [-0.15, -0.1) is 0 Å². The van der Waals surface area contributed by atoms with Crippen molar-refractivity contribution in [1.82, 2.24) is 0 Å². The van der Waals surface area contributed by atoms with Gasteiger partial charge in [0.1, 0.15) is 0 Å². The quantitative estimate of drug-likeness (QED) is 0.0768. The first kappa shape index (κ1) is 35.8. The zero-order valence-electron chi connectivity index (χ0n) is 25.7. The van der Waals surface area contributed by atoms with Crippen LogP contribution in [0.25, 0.3) is 0 Å². The van der Waals surface area contributed by atoms with Crippen LogP contribution in [0.2, 0.25) is 0 Å². The summed E-state index contributed by atoms with van der Waals surface area (Å²) in [6, 6.07) is 0. The molecule has 0 amide bonds. The summed E-state index contributed by atoms with van der Waals surface area (Å²) in [5.74, 6) is 1.13. The van der Waals surface area contributed by atoms with Gasteiger partial charge in [0.2, 0.25) is 0 Å². The van der Waals surface area contributed by atoms with Gasteiger partial charge in [-0.1, -0.05) is 111 Å². The highest BCUT2D eigenvalue weighted by Crippen LogP contribution is 2.36. The Morgan fingerprint density at radius 3 is 0.944 bits per heavy atom. The predicted octanol–water partition coefficient (Wildman–Crippen LogP) is 9.93. The zero-order valence-corrected chi connectivity index (χ0v) is 25.7. The normalized spacial score (nSPS) is 14.6. The Balaban J connectivity index is 5.35. The van der Waals surface area contributed by atoms with Crippen molar-refractivity contribution in [3.63, 3.8) is 0 Å². The van der Waals surface area contributed by atoms with Gasteiger partial charge in [-0.05, 0) is 46.5 Å². The lowest BCUT2D eigenvalue weighted by Gasteiger charge is -2.39. The molecule has 0 spiro atoms. The molecule has 0 fully saturated rings. The first-order valence-electron chi connectivity index (χ1n) is 16.1. The average Bonchev–Trinajstić information content (AvgIpc) is 2.87. The van der Waals surface area contributed by atoms with Crippen molar-refractivity contribution < 1.29 is 18.9 Å². The van der Waals surface area contributed by atoms with Crippen LogP contribution in [0, 0.1) is 17.8 Å². The van der Waals surface area contributed by atoms with E-state index in [1.165, 1.54) is 89.9 Å². The topological polar surface area (TPSA) is 36.9 Å². The van der Waals surface area contributed by atoms with Gasteiger partial charge in [0, 0.05) is 38.3 Å². The molecule has 0 saturated heterocycles. The fraction of sp³-hybridized carbons (Fsp3) is 1.00. The highest BCUT2D eigenvalue weighted by Gasteiger charge is 2.37. The average molecular weight is 515 g/mol. The van der Waals surface area contributed by atoms with Crippen molar-refractivity contribution in [2.75, 3.05) is 26.4 Å². The molecule has 0 aliphatic rings. The number of hydrogen-bond acceptors (Lipinski definition) is 4. The van der Waals surface area contributed by atoms with Gasteiger partial charge in [0.15, 0.2) is 12.6 Å². The SMILES string of the molecule is CCCCCCCCCC(C(OCC)OCC)C(C)C(CCCCCCCCC)C(OCC)OCC. The highest BCUT2D eigenvalue weighted by molar-refractivity contribution is 4.80. The zero-order chi connectivity index (χ0) is 26.9. The van der Waals surface area contributed by atoms with E-state index < -0.39 is 0 Å². The number of rotatable bonds is 28. The first-order chi connectivity index (χ1) is 17.6. The second-order valence-corrected chi connectivity index (χ2v) is 10.6. The molecule has 0 bridgehead atoms. The third kappa shape index (κ3) is 17.4. The van der Waals surface area contributed by atoms with Crippen molar-refractivity contribution in [2.24, 2.45) is 17.8 Å². The Morgan fingerprint density at radius 1 is 0.389 bits per heavy atom. The number of ether oxygens (including phenoxy) is 4. The largest absolute Gasteiger partial charge is 0.353 e. The van der Waals surface area contributed by atoms with Crippen LogP contribution in [0.4, 0.5) is 0 Å². The lowest BCUT2D eigenvalue weighted by molar-refractivity contribution is -0.211. The summed E-state index contributed by atoms with van der Waals surface area (Å²) >= 11 is 0. The van der Waals surface area contributed by atoms with Crippen LogP contribution >= 0.6 is 0 Å². The van der Waals surface area contributed by atoms with Crippen LogP contribution in [-0.4, -0.2) is 39.0 Å². The lowest BCUT2D eigenvalue weighted by Crippen LogP contribution is -2.40. The Kier molecular flexibility index (Phi) is 26.3. The summed E-state index contributed by atoms with van der Waals surface area (Å²) < 4.78 is 24.8. The lowest BCUT2D eigenvalue weighted by atomic mass is 9.76. The van der Waals surface area contributed by atoms with E-state index in [0.717, 1.165) is 12.8 Å². The van der Waals surface area contributed by atoms with Crippen LogP contribution in [0.5, 0.6) is 0 Å². The molecule has 0 aliphatic carbocycles. The fourth-order valence-electron chi connectivity index (χ4n) is 5.53. The Hall–Kier alpha value is -0.160. The van der Waals surface area contributed by atoms with Crippen LogP contribution in [0.15, 0.2) is 0 Å². The van der Waals surface area contributed by atoms with Crippen LogP contribution in [0.3, 0.4) is 0 Å². The third-order valence-corrected chi connectivity index (χ3v) is 7.66. The molecule has 0 N–H and O–H groups in total. The maximum Gasteiger partial charge on any atom is 0.160 e. The van der Waals surface area contributed by atoms with Gasteiger partial charge in [-0.2, -0.15) is 0 Å². The maximum atomic E-state index is 6.20. The minimum Gasteiger partial charge on any atom is -0.353 e. The van der Waals surface area contributed by atoms with Crippen LogP contribution in [0.1, 0.15) is 151 Å². The van der Waals surface area contributed by atoms with Gasteiger partial charge < -0.3 is 18.9 Å². The minimum absolute atomic E-state index is 0.143. The summed E-state index contributed by atoms with van der Waals surface area (Å²) in [4.78, 5) is 0. The van der Waals surface area contributed by atoms with Gasteiger partial charge in [0.25, 0.3) is 0 Å². The molecular weight excluding hydrogens is 448 g/mol. The molecule has 0 aliphatic heterocycles. The molecule has 4 heteroatoms. The van der Waals surface area contributed by atoms with E-state index in [9.17, 15) is 0 Å². The minimum atomic E-state index is -0.143. The fourth-order valence-corrected chi connectivity index (χ4v) is 5.53. The van der Waals surface area contributed by atoms with Gasteiger partial charge in [-0.25, -0.2) is 0 Å². The molecule has 0 rings (SSSR count). The predicted molar refractivity (Wildman–Crippen MR) is 155 cm³/mol. The summed E-state index contributed by atoms with van der Waals surface area (Å²) in [6.45, 7) is 18.1. The monoisotopic (exact) mass is 514 g/mol. The molecule has 0 aromatic carbocycles. The van der Waals surface area contributed by atoms with E-state index in [4.69, 9.17) is 18.9 Å². The van der Waals surface area contributed by atoms with Crippen LogP contribution in [-0.2, 0) is 18.9 Å². The molecule has 0 radical (unpaired) electrons. The van der Waals surface area contributed by atoms with Crippen molar-refractivity contribution in [2.45, 2.75) is 164 Å². The standard InChI is InChI=1S/C32H66O4/c1-8-14-16-18-20-22-24-26-29(31(33-10-3)34-11-4)28(7)30(32(35-12-5)36-13-6)27-25-23-21-19-17-15-9-2/h28-32H,8-27H2,1-7H3. The Morgan fingerprint density at radius 2 is 0.667 bits per heavy atom. The van der Waals surface area contributed by atoms with E-state index in [1.807, 2.05) is 0 Å². The molecule has 218 valence electrons.